The van der Waals surface area contributed by atoms with Gasteiger partial charge in [0.25, 0.3) is 0 Å². The molecule has 0 radical (unpaired) electrons. The first kappa shape index (κ1) is 15.8. The molecule has 1 aromatic carbocycles. The zero-order chi connectivity index (χ0) is 14.3. The Morgan fingerprint density at radius 3 is 2.58 bits per heavy atom. The van der Waals surface area contributed by atoms with Crippen molar-refractivity contribution in [1.29, 1.82) is 0 Å². The molecule has 0 aliphatic carbocycles. The van der Waals surface area contributed by atoms with E-state index in [9.17, 15) is 9.90 Å². The smallest absolute Gasteiger partial charge is 0.315 e. The number of amides is 2. The van der Waals surface area contributed by atoms with Gasteiger partial charge in [0, 0.05) is 11.6 Å². The maximum Gasteiger partial charge on any atom is 0.315 e. The maximum absolute atomic E-state index is 11.6. The summed E-state index contributed by atoms with van der Waals surface area (Å²) in [5, 5.41) is 15.7. The Kier molecular flexibility index (Phi) is 6.67. The Balaban J connectivity index is 2.37. The van der Waals surface area contributed by atoms with Crippen molar-refractivity contribution in [1.82, 2.24) is 10.6 Å². The first-order valence-corrected chi connectivity index (χ1v) is 6.88. The van der Waals surface area contributed by atoms with E-state index in [0.29, 0.717) is 11.4 Å². The number of rotatable bonds is 6. The van der Waals surface area contributed by atoms with Gasteiger partial charge >= 0.3 is 6.03 Å². The fourth-order valence-corrected chi connectivity index (χ4v) is 1.85. The van der Waals surface area contributed by atoms with Crippen LogP contribution in [0, 0.1) is 0 Å². The molecule has 0 saturated heterocycles. The molecule has 4 nitrogen and oxygen atoms in total. The number of aliphatic hydroxyl groups excluding tert-OH is 1. The molecule has 0 saturated carbocycles. The Morgan fingerprint density at radius 1 is 1.37 bits per heavy atom. The van der Waals surface area contributed by atoms with Crippen LogP contribution in [0.2, 0.25) is 5.02 Å². The number of halogens is 1. The highest BCUT2D eigenvalue weighted by Gasteiger charge is 2.10. The van der Waals surface area contributed by atoms with Crippen molar-refractivity contribution in [2.45, 2.75) is 38.8 Å². The first-order valence-electron chi connectivity index (χ1n) is 6.50. The minimum absolute atomic E-state index is 0.111. The molecule has 2 amide bonds. The van der Waals surface area contributed by atoms with Crippen LogP contribution < -0.4 is 10.6 Å². The van der Waals surface area contributed by atoms with Crippen LogP contribution in [-0.2, 0) is 0 Å². The topological polar surface area (TPSA) is 61.4 Å². The summed E-state index contributed by atoms with van der Waals surface area (Å²) in [7, 11) is 0. The first-order chi connectivity index (χ1) is 9.02. The number of urea groups is 1. The lowest BCUT2D eigenvalue weighted by molar-refractivity contribution is 0.160. The minimum atomic E-state index is -0.485. The molecular formula is C14H21ClN2O2. The van der Waals surface area contributed by atoms with Crippen LogP contribution in [0.1, 0.15) is 38.3 Å². The number of carbonyl (C=O) groups is 1. The van der Waals surface area contributed by atoms with Crippen molar-refractivity contribution in [2.24, 2.45) is 0 Å². The predicted molar refractivity (Wildman–Crippen MR) is 77.3 cm³/mol. The number of benzene rings is 1. The lowest BCUT2D eigenvalue weighted by Crippen LogP contribution is -2.40. The summed E-state index contributed by atoms with van der Waals surface area (Å²) in [6, 6.07) is 6.94. The highest BCUT2D eigenvalue weighted by atomic mass is 35.5. The molecule has 0 aromatic heterocycles. The second kappa shape index (κ2) is 8.02. The molecule has 5 heteroatoms. The van der Waals surface area contributed by atoms with Gasteiger partial charge < -0.3 is 15.7 Å². The van der Waals surface area contributed by atoms with Crippen LogP contribution in [0.3, 0.4) is 0 Å². The SMILES string of the molecule is CCCC(O)CNC(=O)NC(C)c1ccc(Cl)cc1. The molecule has 1 rings (SSSR count). The molecule has 19 heavy (non-hydrogen) atoms. The monoisotopic (exact) mass is 284 g/mol. The van der Waals surface area contributed by atoms with Crippen molar-refractivity contribution in [3.8, 4) is 0 Å². The maximum atomic E-state index is 11.6. The van der Waals surface area contributed by atoms with Gasteiger partial charge in [-0.15, -0.1) is 0 Å². The van der Waals surface area contributed by atoms with Gasteiger partial charge in [0.15, 0.2) is 0 Å². The zero-order valence-electron chi connectivity index (χ0n) is 11.3. The normalized spacial score (nSPS) is 13.7. The summed E-state index contributed by atoms with van der Waals surface area (Å²) < 4.78 is 0. The molecule has 0 heterocycles. The predicted octanol–water partition coefficient (Wildman–Crippen LogP) is 2.86. The van der Waals surface area contributed by atoms with Crippen molar-refractivity contribution in [2.75, 3.05) is 6.54 Å². The third-order valence-electron chi connectivity index (χ3n) is 2.84. The fourth-order valence-electron chi connectivity index (χ4n) is 1.73. The van der Waals surface area contributed by atoms with Crippen LogP contribution in [-0.4, -0.2) is 23.8 Å². The zero-order valence-corrected chi connectivity index (χ0v) is 12.1. The van der Waals surface area contributed by atoms with Crippen LogP contribution in [0.4, 0.5) is 4.79 Å². The average Bonchev–Trinajstić information content (AvgIpc) is 2.37. The molecule has 106 valence electrons. The lowest BCUT2D eigenvalue weighted by atomic mass is 10.1. The van der Waals surface area contributed by atoms with Gasteiger partial charge in [-0.05, 0) is 31.0 Å². The van der Waals surface area contributed by atoms with E-state index in [2.05, 4.69) is 10.6 Å². The van der Waals surface area contributed by atoms with Crippen molar-refractivity contribution in [3.63, 3.8) is 0 Å². The highest BCUT2D eigenvalue weighted by Crippen LogP contribution is 2.15. The molecule has 0 spiro atoms. The van der Waals surface area contributed by atoms with Crippen molar-refractivity contribution in [3.05, 3.63) is 34.9 Å². The number of aliphatic hydroxyl groups is 1. The number of nitrogens with one attached hydrogen (secondary N) is 2. The van der Waals surface area contributed by atoms with E-state index in [1.807, 2.05) is 26.0 Å². The molecule has 2 atom stereocenters. The van der Waals surface area contributed by atoms with Gasteiger partial charge in [-0.1, -0.05) is 37.1 Å². The number of hydrogen-bond donors (Lipinski definition) is 3. The average molecular weight is 285 g/mol. The van der Waals surface area contributed by atoms with Gasteiger partial charge in [0.05, 0.1) is 12.1 Å². The van der Waals surface area contributed by atoms with E-state index in [1.54, 1.807) is 12.1 Å². The molecular weight excluding hydrogens is 264 g/mol. The summed E-state index contributed by atoms with van der Waals surface area (Å²) in [6.07, 6.45) is 1.10. The van der Waals surface area contributed by atoms with E-state index in [1.165, 1.54) is 0 Å². The molecule has 0 aliphatic heterocycles. The van der Waals surface area contributed by atoms with Gasteiger partial charge in [0.1, 0.15) is 0 Å². The molecule has 3 N–H and O–H groups in total. The molecule has 2 unspecified atom stereocenters. The van der Waals surface area contributed by atoms with Crippen LogP contribution >= 0.6 is 11.6 Å². The second-order valence-electron chi connectivity index (χ2n) is 4.57. The molecule has 0 aliphatic rings. The Hall–Kier alpha value is -1.26. The van der Waals surface area contributed by atoms with Crippen molar-refractivity contribution >= 4 is 17.6 Å². The fraction of sp³-hybridized carbons (Fsp3) is 0.500. The third kappa shape index (κ3) is 5.94. The Bertz CT molecular complexity index is 395. The minimum Gasteiger partial charge on any atom is -0.391 e. The number of carbonyl (C=O) groups excluding carboxylic acids is 1. The van der Waals surface area contributed by atoms with Crippen LogP contribution in [0.25, 0.3) is 0 Å². The van der Waals surface area contributed by atoms with Gasteiger partial charge in [-0.3, -0.25) is 0 Å². The van der Waals surface area contributed by atoms with Gasteiger partial charge in [-0.2, -0.15) is 0 Å². The molecule has 0 bridgehead atoms. The quantitative estimate of drug-likeness (QED) is 0.752. The Morgan fingerprint density at radius 2 is 2.00 bits per heavy atom. The van der Waals surface area contributed by atoms with E-state index in [4.69, 9.17) is 11.6 Å². The standard InChI is InChI=1S/C14H21ClN2O2/c1-3-4-13(18)9-16-14(19)17-10(2)11-5-7-12(15)8-6-11/h5-8,10,13,18H,3-4,9H2,1-2H3,(H2,16,17,19). The van der Waals surface area contributed by atoms with Crippen LogP contribution in [0.5, 0.6) is 0 Å². The van der Waals surface area contributed by atoms with Crippen LogP contribution in [0.15, 0.2) is 24.3 Å². The van der Waals surface area contributed by atoms with E-state index >= 15 is 0 Å². The van der Waals surface area contributed by atoms with Gasteiger partial charge in [-0.25, -0.2) is 4.79 Å². The second-order valence-corrected chi connectivity index (χ2v) is 5.01. The Labute approximate surface area is 119 Å². The largest absolute Gasteiger partial charge is 0.391 e. The van der Waals surface area contributed by atoms with E-state index < -0.39 is 6.10 Å². The molecule has 1 aromatic rings. The van der Waals surface area contributed by atoms with E-state index in [0.717, 1.165) is 12.0 Å². The number of hydrogen-bond acceptors (Lipinski definition) is 2. The summed E-state index contributed by atoms with van der Waals surface area (Å²) in [6.45, 7) is 4.16. The summed E-state index contributed by atoms with van der Waals surface area (Å²) in [5.41, 5.74) is 0.980. The molecule has 0 fully saturated rings. The summed E-state index contributed by atoms with van der Waals surface area (Å²) in [5.74, 6) is 0. The third-order valence-corrected chi connectivity index (χ3v) is 3.09. The van der Waals surface area contributed by atoms with E-state index in [-0.39, 0.29) is 18.6 Å². The lowest BCUT2D eigenvalue weighted by Gasteiger charge is -2.16. The summed E-state index contributed by atoms with van der Waals surface area (Å²) in [4.78, 5) is 11.6. The highest BCUT2D eigenvalue weighted by molar-refractivity contribution is 6.30. The van der Waals surface area contributed by atoms with Crippen molar-refractivity contribution < 1.29 is 9.90 Å². The van der Waals surface area contributed by atoms with Gasteiger partial charge in [0.2, 0.25) is 0 Å². The summed E-state index contributed by atoms with van der Waals surface area (Å²) >= 11 is 5.81.